The number of hydrogen-bond donors (Lipinski definition) is 0. The van der Waals surface area contributed by atoms with Crippen LogP contribution in [0, 0.1) is 6.92 Å². The zero-order chi connectivity index (χ0) is 14.7. The van der Waals surface area contributed by atoms with Crippen molar-refractivity contribution in [3.63, 3.8) is 0 Å². The van der Waals surface area contributed by atoms with E-state index in [1.54, 1.807) is 30.5 Å². The third kappa shape index (κ3) is 3.24. The Hall–Kier alpha value is -1.89. The second kappa shape index (κ2) is 6.26. The first-order valence-electron chi connectivity index (χ1n) is 6.99. The van der Waals surface area contributed by atoms with Crippen molar-refractivity contribution in [3.8, 4) is 5.88 Å². The number of hydrogen-bond acceptors (Lipinski definition) is 6. The monoisotopic (exact) mass is 307 g/mol. The summed E-state index contributed by atoms with van der Waals surface area (Å²) in [5.41, 5.74) is 0. The largest absolute Gasteiger partial charge is 0.465 e. The Balaban J connectivity index is 1.64. The number of likely N-dealkylation sites (tertiary alicyclic amines) is 1. The number of thiazole rings is 1. The number of aromatic nitrogens is 2. The first-order valence-corrected chi connectivity index (χ1v) is 7.87. The average Bonchev–Trinajstić information content (AvgIpc) is 3.16. The Kier molecular flexibility index (Phi) is 4.19. The van der Waals surface area contributed by atoms with Gasteiger partial charge in [0.25, 0.3) is 11.8 Å². The van der Waals surface area contributed by atoms with Crippen LogP contribution in [0.5, 0.6) is 5.88 Å². The van der Waals surface area contributed by atoms with Crippen LogP contribution in [0.4, 0.5) is 0 Å². The minimum absolute atomic E-state index is 0.0200. The Morgan fingerprint density at radius 1 is 1.57 bits per heavy atom. The lowest BCUT2D eigenvalue weighted by Gasteiger charge is -2.34. The van der Waals surface area contributed by atoms with Gasteiger partial charge in [-0.15, -0.1) is 11.3 Å². The maximum Gasteiger partial charge on any atom is 0.261 e. The van der Waals surface area contributed by atoms with Crippen molar-refractivity contribution in [3.05, 3.63) is 28.4 Å². The molecule has 1 saturated heterocycles. The number of rotatable bonds is 4. The summed E-state index contributed by atoms with van der Waals surface area (Å²) in [4.78, 5) is 18.6. The van der Waals surface area contributed by atoms with Crippen molar-refractivity contribution in [1.82, 2.24) is 15.0 Å². The molecule has 0 radical (unpaired) electrons. The maximum atomic E-state index is 12.4. The minimum atomic E-state index is -0.0319. The molecular weight excluding hydrogens is 290 g/mol. The van der Waals surface area contributed by atoms with Crippen molar-refractivity contribution in [1.29, 1.82) is 0 Å². The number of aryl methyl sites for hydroxylation is 1. The first kappa shape index (κ1) is 14.1. The standard InChI is InChI=1S/C14H17N3O3S/c1-10-8-12(16-20-10)19-9-13(18)17-6-3-2-4-11(17)14-15-5-7-21-14/h5,7-8,11H,2-4,6,9H2,1H3/t11-/m0/s1. The lowest BCUT2D eigenvalue weighted by molar-refractivity contribution is -0.137. The van der Waals surface area contributed by atoms with Crippen LogP contribution in [0.15, 0.2) is 22.2 Å². The predicted octanol–water partition coefficient (Wildman–Crippen LogP) is 2.57. The van der Waals surface area contributed by atoms with Crippen LogP contribution in [-0.2, 0) is 4.79 Å². The molecule has 1 fully saturated rings. The van der Waals surface area contributed by atoms with E-state index in [1.807, 2.05) is 10.3 Å². The Morgan fingerprint density at radius 2 is 2.48 bits per heavy atom. The average molecular weight is 307 g/mol. The van der Waals surface area contributed by atoms with Gasteiger partial charge >= 0.3 is 0 Å². The summed E-state index contributed by atoms with van der Waals surface area (Å²) in [7, 11) is 0. The molecule has 0 unspecified atom stereocenters. The number of piperidine rings is 1. The maximum absolute atomic E-state index is 12.4. The highest BCUT2D eigenvalue weighted by Crippen LogP contribution is 2.32. The van der Waals surface area contributed by atoms with Gasteiger partial charge in [-0.2, -0.15) is 0 Å². The lowest BCUT2D eigenvalue weighted by Crippen LogP contribution is -2.41. The van der Waals surface area contributed by atoms with Gasteiger partial charge in [0.1, 0.15) is 10.8 Å². The molecule has 1 aliphatic heterocycles. The van der Waals surface area contributed by atoms with E-state index in [1.165, 1.54) is 0 Å². The molecule has 0 N–H and O–H groups in total. The SMILES string of the molecule is Cc1cc(OCC(=O)N2CCCC[C@H]2c2nccs2)no1. The van der Waals surface area contributed by atoms with E-state index in [-0.39, 0.29) is 18.6 Å². The highest BCUT2D eigenvalue weighted by atomic mass is 32.1. The van der Waals surface area contributed by atoms with E-state index < -0.39 is 0 Å². The minimum Gasteiger partial charge on any atom is -0.465 e. The van der Waals surface area contributed by atoms with E-state index >= 15 is 0 Å². The highest BCUT2D eigenvalue weighted by molar-refractivity contribution is 7.09. The molecule has 3 heterocycles. The van der Waals surface area contributed by atoms with Crippen LogP contribution in [0.25, 0.3) is 0 Å². The third-order valence-electron chi connectivity index (χ3n) is 3.51. The number of carbonyl (C=O) groups is 1. The van der Waals surface area contributed by atoms with E-state index in [4.69, 9.17) is 9.26 Å². The van der Waals surface area contributed by atoms with Crippen molar-refractivity contribution >= 4 is 17.2 Å². The lowest BCUT2D eigenvalue weighted by atomic mass is 10.0. The molecule has 0 saturated carbocycles. The normalized spacial score (nSPS) is 18.7. The number of ether oxygens (including phenoxy) is 1. The van der Waals surface area contributed by atoms with Crippen LogP contribution in [0.1, 0.15) is 36.1 Å². The third-order valence-corrected chi connectivity index (χ3v) is 4.39. The fourth-order valence-electron chi connectivity index (χ4n) is 2.52. The molecular formula is C14H17N3O3S. The fraction of sp³-hybridized carbons (Fsp3) is 0.500. The Labute approximate surface area is 126 Å². The topological polar surface area (TPSA) is 68.5 Å². The van der Waals surface area contributed by atoms with Crippen molar-refractivity contribution in [2.75, 3.05) is 13.2 Å². The Bertz CT molecular complexity index is 596. The van der Waals surface area contributed by atoms with Crippen molar-refractivity contribution in [2.24, 2.45) is 0 Å². The fourth-order valence-corrected chi connectivity index (χ4v) is 3.30. The van der Waals surface area contributed by atoms with Gasteiger partial charge in [-0.3, -0.25) is 4.79 Å². The summed E-state index contributed by atoms with van der Waals surface area (Å²) in [6.07, 6.45) is 4.89. The smallest absolute Gasteiger partial charge is 0.261 e. The summed E-state index contributed by atoms with van der Waals surface area (Å²) in [5, 5.41) is 6.67. The van der Waals surface area contributed by atoms with Gasteiger partial charge < -0.3 is 14.2 Å². The van der Waals surface area contributed by atoms with Crippen LogP contribution >= 0.6 is 11.3 Å². The molecule has 1 amide bonds. The van der Waals surface area contributed by atoms with Gasteiger partial charge in [0.05, 0.1) is 6.04 Å². The molecule has 1 aliphatic rings. The van der Waals surface area contributed by atoms with E-state index in [0.717, 1.165) is 30.8 Å². The first-order chi connectivity index (χ1) is 10.2. The summed E-state index contributed by atoms with van der Waals surface area (Å²) in [5.74, 6) is 0.982. The molecule has 3 rings (SSSR count). The second-order valence-electron chi connectivity index (χ2n) is 5.03. The van der Waals surface area contributed by atoms with E-state index in [2.05, 4.69) is 10.1 Å². The van der Waals surface area contributed by atoms with E-state index in [0.29, 0.717) is 11.6 Å². The molecule has 7 heteroatoms. The molecule has 0 aromatic carbocycles. The number of carbonyl (C=O) groups excluding carboxylic acids is 1. The molecule has 21 heavy (non-hydrogen) atoms. The van der Waals surface area contributed by atoms with Crippen LogP contribution in [0.3, 0.4) is 0 Å². The highest BCUT2D eigenvalue weighted by Gasteiger charge is 2.29. The van der Waals surface area contributed by atoms with Gasteiger partial charge in [-0.25, -0.2) is 4.98 Å². The Morgan fingerprint density at radius 3 is 3.19 bits per heavy atom. The van der Waals surface area contributed by atoms with Crippen LogP contribution in [0.2, 0.25) is 0 Å². The molecule has 0 spiro atoms. The second-order valence-corrected chi connectivity index (χ2v) is 5.96. The number of amides is 1. The van der Waals surface area contributed by atoms with E-state index in [9.17, 15) is 4.79 Å². The summed E-state index contributed by atoms with van der Waals surface area (Å²) < 4.78 is 10.3. The molecule has 0 bridgehead atoms. The predicted molar refractivity (Wildman–Crippen MR) is 77.2 cm³/mol. The molecule has 6 nitrogen and oxygen atoms in total. The molecule has 2 aromatic heterocycles. The van der Waals surface area contributed by atoms with Gasteiger partial charge in [0.2, 0.25) is 0 Å². The summed E-state index contributed by atoms with van der Waals surface area (Å²) in [6, 6.07) is 1.75. The van der Waals surface area contributed by atoms with Crippen LogP contribution in [-0.4, -0.2) is 34.1 Å². The van der Waals surface area contributed by atoms with Crippen molar-refractivity contribution in [2.45, 2.75) is 32.2 Å². The van der Waals surface area contributed by atoms with Gasteiger partial charge in [0, 0.05) is 24.2 Å². The molecule has 2 aromatic rings. The zero-order valence-corrected chi connectivity index (χ0v) is 12.6. The molecule has 0 aliphatic carbocycles. The van der Waals surface area contributed by atoms with Crippen molar-refractivity contribution < 1.29 is 14.1 Å². The summed E-state index contributed by atoms with van der Waals surface area (Å²) >= 11 is 1.60. The number of nitrogens with zero attached hydrogens (tertiary/aromatic N) is 3. The van der Waals surface area contributed by atoms with Gasteiger partial charge in [0.15, 0.2) is 6.61 Å². The molecule has 1 atom stereocenters. The summed E-state index contributed by atoms with van der Waals surface area (Å²) in [6.45, 7) is 2.52. The van der Waals surface area contributed by atoms with Gasteiger partial charge in [-0.1, -0.05) is 0 Å². The molecule has 112 valence electrons. The van der Waals surface area contributed by atoms with Crippen LogP contribution < -0.4 is 4.74 Å². The zero-order valence-electron chi connectivity index (χ0n) is 11.8. The van der Waals surface area contributed by atoms with Gasteiger partial charge in [-0.05, 0) is 31.3 Å². The quantitative estimate of drug-likeness (QED) is 0.868.